The Bertz CT molecular complexity index is 618. The van der Waals surface area contributed by atoms with E-state index in [9.17, 15) is 9.90 Å². The minimum absolute atomic E-state index is 0.1000. The average molecular weight is 268 g/mol. The number of rotatable bonds is 4. The quantitative estimate of drug-likeness (QED) is 0.901. The largest absolute Gasteiger partial charge is 0.389 e. The lowest BCUT2D eigenvalue weighted by Gasteiger charge is -2.11. The van der Waals surface area contributed by atoms with Crippen molar-refractivity contribution in [2.24, 2.45) is 0 Å². The van der Waals surface area contributed by atoms with Gasteiger partial charge in [-0.05, 0) is 19.4 Å². The molecule has 98 valence electrons. The molecule has 0 aliphatic rings. The van der Waals surface area contributed by atoms with E-state index in [2.05, 4.69) is 4.98 Å². The SMILES string of the molecule is COCC(O)Cn1cnc2sc(C)c(C)c2c1=O. The van der Waals surface area contributed by atoms with E-state index in [0.717, 1.165) is 15.3 Å². The van der Waals surface area contributed by atoms with Crippen molar-refractivity contribution in [3.8, 4) is 0 Å². The summed E-state index contributed by atoms with van der Waals surface area (Å²) in [7, 11) is 1.51. The fourth-order valence-corrected chi connectivity index (χ4v) is 2.86. The van der Waals surface area contributed by atoms with Crippen LogP contribution >= 0.6 is 11.3 Å². The van der Waals surface area contributed by atoms with Crippen molar-refractivity contribution in [3.05, 3.63) is 27.1 Å². The van der Waals surface area contributed by atoms with Crippen molar-refractivity contribution in [2.45, 2.75) is 26.5 Å². The van der Waals surface area contributed by atoms with Gasteiger partial charge in [-0.3, -0.25) is 9.36 Å². The van der Waals surface area contributed by atoms with Crippen LogP contribution in [0.25, 0.3) is 10.2 Å². The van der Waals surface area contributed by atoms with Crippen LogP contribution in [0.1, 0.15) is 10.4 Å². The van der Waals surface area contributed by atoms with Gasteiger partial charge in [0, 0.05) is 12.0 Å². The molecule has 5 nitrogen and oxygen atoms in total. The number of methoxy groups -OCH3 is 1. The second kappa shape index (κ2) is 5.17. The fraction of sp³-hybridized carbons (Fsp3) is 0.500. The standard InChI is InChI=1S/C12H16N2O3S/c1-7-8(2)18-11-10(7)12(16)14(6-13-11)4-9(15)5-17-3/h6,9,15H,4-5H2,1-3H3. The third kappa shape index (κ3) is 2.31. The zero-order chi connectivity index (χ0) is 13.3. The highest BCUT2D eigenvalue weighted by Crippen LogP contribution is 2.25. The molecule has 18 heavy (non-hydrogen) atoms. The van der Waals surface area contributed by atoms with Crippen molar-refractivity contribution < 1.29 is 9.84 Å². The van der Waals surface area contributed by atoms with Gasteiger partial charge in [-0.1, -0.05) is 0 Å². The van der Waals surface area contributed by atoms with Gasteiger partial charge in [-0.15, -0.1) is 11.3 Å². The van der Waals surface area contributed by atoms with E-state index in [4.69, 9.17) is 4.74 Å². The monoisotopic (exact) mass is 268 g/mol. The molecule has 0 amide bonds. The highest BCUT2D eigenvalue weighted by atomic mass is 32.1. The van der Waals surface area contributed by atoms with Crippen LogP contribution in [0.2, 0.25) is 0 Å². The molecule has 0 aliphatic heterocycles. The van der Waals surface area contributed by atoms with Gasteiger partial charge < -0.3 is 9.84 Å². The summed E-state index contributed by atoms with van der Waals surface area (Å²) >= 11 is 1.52. The van der Waals surface area contributed by atoms with Crippen molar-refractivity contribution in [1.82, 2.24) is 9.55 Å². The molecule has 0 aliphatic carbocycles. The maximum atomic E-state index is 12.3. The van der Waals surface area contributed by atoms with E-state index >= 15 is 0 Å². The van der Waals surface area contributed by atoms with Crippen molar-refractivity contribution in [2.75, 3.05) is 13.7 Å². The Morgan fingerprint density at radius 2 is 2.28 bits per heavy atom. The number of thiophene rings is 1. The van der Waals surface area contributed by atoms with Crippen LogP contribution in [-0.2, 0) is 11.3 Å². The van der Waals surface area contributed by atoms with Crippen LogP contribution in [0.4, 0.5) is 0 Å². The van der Waals surface area contributed by atoms with E-state index in [0.29, 0.717) is 5.39 Å². The van der Waals surface area contributed by atoms with Gasteiger partial charge in [0.05, 0.1) is 31.0 Å². The van der Waals surface area contributed by atoms with Gasteiger partial charge in [0.1, 0.15) is 4.83 Å². The lowest BCUT2D eigenvalue weighted by Crippen LogP contribution is -2.29. The zero-order valence-electron chi connectivity index (χ0n) is 10.6. The van der Waals surface area contributed by atoms with Crippen LogP contribution in [0, 0.1) is 13.8 Å². The predicted molar refractivity (Wildman–Crippen MR) is 71.2 cm³/mol. The second-order valence-corrected chi connectivity index (χ2v) is 5.48. The molecule has 0 saturated heterocycles. The summed E-state index contributed by atoms with van der Waals surface area (Å²) in [5.74, 6) is 0. The molecule has 6 heteroatoms. The maximum absolute atomic E-state index is 12.3. The molecule has 1 unspecified atom stereocenters. The summed E-state index contributed by atoms with van der Waals surface area (Å²) < 4.78 is 6.28. The number of hydrogen-bond donors (Lipinski definition) is 1. The maximum Gasteiger partial charge on any atom is 0.262 e. The van der Waals surface area contributed by atoms with Gasteiger partial charge in [0.15, 0.2) is 0 Å². The molecule has 2 rings (SSSR count). The number of aromatic nitrogens is 2. The molecule has 0 radical (unpaired) electrons. The van der Waals surface area contributed by atoms with Crippen molar-refractivity contribution in [3.63, 3.8) is 0 Å². The third-order valence-electron chi connectivity index (χ3n) is 2.92. The molecule has 2 aromatic heterocycles. The Kier molecular flexibility index (Phi) is 3.79. The first-order valence-electron chi connectivity index (χ1n) is 5.66. The third-order valence-corrected chi connectivity index (χ3v) is 4.04. The summed E-state index contributed by atoms with van der Waals surface area (Å²) in [6, 6.07) is 0. The minimum atomic E-state index is -0.702. The number of nitrogens with zero attached hydrogens (tertiary/aromatic N) is 2. The molecule has 2 heterocycles. The summed E-state index contributed by atoms with van der Waals surface area (Å²) in [6.45, 7) is 4.30. The van der Waals surface area contributed by atoms with Gasteiger partial charge in [0.2, 0.25) is 0 Å². The smallest absolute Gasteiger partial charge is 0.262 e. The summed E-state index contributed by atoms with van der Waals surface area (Å²) in [5.41, 5.74) is 0.875. The predicted octanol–water partition coefficient (Wildman–Crippen LogP) is 1.08. The highest BCUT2D eigenvalue weighted by molar-refractivity contribution is 7.18. The van der Waals surface area contributed by atoms with E-state index in [1.165, 1.54) is 29.3 Å². The van der Waals surface area contributed by atoms with Crippen LogP contribution in [0.15, 0.2) is 11.1 Å². The Hall–Kier alpha value is -1.24. The van der Waals surface area contributed by atoms with Crippen LogP contribution in [-0.4, -0.2) is 34.5 Å². The first kappa shape index (κ1) is 13.2. The Morgan fingerprint density at radius 3 is 2.94 bits per heavy atom. The Labute approximate surface area is 109 Å². The summed E-state index contributed by atoms with van der Waals surface area (Å²) in [4.78, 5) is 18.4. The molecule has 1 atom stereocenters. The average Bonchev–Trinajstić information content (AvgIpc) is 2.60. The second-order valence-electron chi connectivity index (χ2n) is 4.27. The number of aliphatic hydroxyl groups excluding tert-OH is 1. The molecule has 1 N–H and O–H groups in total. The van der Waals surface area contributed by atoms with E-state index < -0.39 is 6.10 Å². The van der Waals surface area contributed by atoms with Gasteiger partial charge in [0.25, 0.3) is 5.56 Å². The van der Waals surface area contributed by atoms with Gasteiger partial charge in [-0.25, -0.2) is 4.98 Å². The van der Waals surface area contributed by atoms with Crippen LogP contribution < -0.4 is 5.56 Å². The lowest BCUT2D eigenvalue weighted by molar-refractivity contribution is 0.0529. The summed E-state index contributed by atoms with van der Waals surface area (Å²) in [6.07, 6.45) is 0.783. The zero-order valence-corrected chi connectivity index (χ0v) is 11.5. The molecular weight excluding hydrogens is 252 g/mol. The van der Waals surface area contributed by atoms with Crippen LogP contribution in [0.5, 0.6) is 0 Å². The fourth-order valence-electron chi connectivity index (χ4n) is 1.87. The number of hydrogen-bond acceptors (Lipinski definition) is 5. The number of aliphatic hydroxyl groups is 1. The highest BCUT2D eigenvalue weighted by Gasteiger charge is 2.13. The van der Waals surface area contributed by atoms with E-state index in [1.807, 2.05) is 13.8 Å². The minimum Gasteiger partial charge on any atom is -0.389 e. The van der Waals surface area contributed by atoms with Gasteiger partial charge >= 0.3 is 0 Å². The van der Waals surface area contributed by atoms with E-state index in [1.54, 1.807) is 0 Å². The lowest BCUT2D eigenvalue weighted by atomic mass is 10.2. The van der Waals surface area contributed by atoms with Crippen LogP contribution in [0.3, 0.4) is 0 Å². The molecule has 0 spiro atoms. The first-order chi connectivity index (χ1) is 8.54. The summed E-state index contributed by atoms with van der Waals surface area (Å²) in [5, 5.41) is 10.3. The molecule has 0 aromatic carbocycles. The van der Waals surface area contributed by atoms with Crippen molar-refractivity contribution >= 4 is 21.6 Å². The molecule has 2 aromatic rings. The number of fused-ring (bicyclic) bond motifs is 1. The number of aryl methyl sites for hydroxylation is 2. The van der Waals surface area contributed by atoms with E-state index in [-0.39, 0.29) is 18.7 Å². The number of ether oxygens (including phenoxy) is 1. The Morgan fingerprint density at radius 1 is 1.56 bits per heavy atom. The van der Waals surface area contributed by atoms with Gasteiger partial charge in [-0.2, -0.15) is 0 Å². The normalized spacial score (nSPS) is 13.1. The Balaban J connectivity index is 2.45. The molecule has 0 bridgehead atoms. The topological polar surface area (TPSA) is 64.3 Å². The molecule has 0 fully saturated rings. The van der Waals surface area contributed by atoms with Crippen molar-refractivity contribution in [1.29, 1.82) is 0 Å². The molecular formula is C12H16N2O3S. The first-order valence-corrected chi connectivity index (χ1v) is 6.48. The molecule has 0 saturated carbocycles.